The Morgan fingerprint density at radius 2 is 2.26 bits per heavy atom. The molecule has 98 valence electrons. The lowest BCUT2D eigenvalue weighted by Gasteiger charge is -2.22. The van der Waals surface area contributed by atoms with Crippen LogP contribution < -0.4 is 0 Å². The van der Waals surface area contributed by atoms with Crippen LogP contribution >= 0.6 is 0 Å². The minimum Gasteiger partial charge on any atom is -0.475 e. The van der Waals surface area contributed by atoms with Gasteiger partial charge in [-0.05, 0) is 42.4 Å². The summed E-state index contributed by atoms with van der Waals surface area (Å²) in [5.74, 6) is -0.666. The highest BCUT2D eigenvalue weighted by Crippen LogP contribution is 2.34. The van der Waals surface area contributed by atoms with Gasteiger partial charge in [0.25, 0.3) is 0 Å². The van der Waals surface area contributed by atoms with E-state index in [0.29, 0.717) is 11.6 Å². The van der Waals surface area contributed by atoms with Crippen molar-refractivity contribution < 1.29 is 14.4 Å². The zero-order valence-electron chi connectivity index (χ0n) is 10.7. The van der Waals surface area contributed by atoms with Crippen LogP contribution in [0.3, 0.4) is 0 Å². The van der Waals surface area contributed by atoms with Gasteiger partial charge in [0.2, 0.25) is 5.76 Å². The SMILES string of the molecule is CC1CCCc2ccc(-c3cc(C(=O)O)on3)cc21. The number of aromatic carboxylic acids is 1. The van der Waals surface area contributed by atoms with Crippen molar-refractivity contribution in [3.05, 3.63) is 41.2 Å². The Bertz CT molecular complexity index is 630. The molecule has 1 atom stereocenters. The molecule has 1 aromatic carbocycles. The van der Waals surface area contributed by atoms with E-state index in [4.69, 9.17) is 9.63 Å². The summed E-state index contributed by atoms with van der Waals surface area (Å²) in [5, 5.41) is 12.7. The van der Waals surface area contributed by atoms with Crippen molar-refractivity contribution in [3.63, 3.8) is 0 Å². The fourth-order valence-electron chi connectivity index (χ4n) is 2.71. The highest BCUT2D eigenvalue weighted by molar-refractivity contribution is 5.85. The lowest BCUT2D eigenvalue weighted by molar-refractivity contribution is 0.0652. The Labute approximate surface area is 111 Å². The third-order valence-corrected chi connectivity index (χ3v) is 3.78. The molecule has 1 heterocycles. The topological polar surface area (TPSA) is 63.3 Å². The molecule has 4 nitrogen and oxygen atoms in total. The van der Waals surface area contributed by atoms with E-state index in [-0.39, 0.29) is 5.76 Å². The number of rotatable bonds is 2. The van der Waals surface area contributed by atoms with Crippen molar-refractivity contribution in [3.8, 4) is 11.3 Å². The smallest absolute Gasteiger partial charge is 0.374 e. The molecule has 1 aliphatic carbocycles. The number of carboxylic acid groups (broad SMARTS) is 1. The van der Waals surface area contributed by atoms with Crippen LogP contribution in [0, 0.1) is 0 Å². The zero-order chi connectivity index (χ0) is 13.4. The number of carbonyl (C=O) groups is 1. The molecule has 1 aliphatic rings. The summed E-state index contributed by atoms with van der Waals surface area (Å²) in [4.78, 5) is 10.8. The molecular weight excluding hydrogens is 242 g/mol. The van der Waals surface area contributed by atoms with Gasteiger partial charge < -0.3 is 9.63 Å². The number of aromatic nitrogens is 1. The Morgan fingerprint density at radius 3 is 3.00 bits per heavy atom. The molecule has 1 aromatic heterocycles. The monoisotopic (exact) mass is 257 g/mol. The van der Waals surface area contributed by atoms with Gasteiger partial charge in [-0.3, -0.25) is 0 Å². The summed E-state index contributed by atoms with van der Waals surface area (Å²) in [5.41, 5.74) is 4.25. The van der Waals surface area contributed by atoms with Gasteiger partial charge >= 0.3 is 5.97 Å². The van der Waals surface area contributed by atoms with Gasteiger partial charge in [0.05, 0.1) is 0 Å². The van der Waals surface area contributed by atoms with Crippen LogP contribution in [-0.4, -0.2) is 16.2 Å². The van der Waals surface area contributed by atoms with E-state index < -0.39 is 5.97 Å². The second-order valence-corrected chi connectivity index (χ2v) is 5.09. The second-order valence-electron chi connectivity index (χ2n) is 5.09. The van der Waals surface area contributed by atoms with Gasteiger partial charge in [0.1, 0.15) is 5.69 Å². The lowest BCUT2D eigenvalue weighted by atomic mass is 9.83. The maximum Gasteiger partial charge on any atom is 0.374 e. The van der Waals surface area contributed by atoms with Crippen LogP contribution in [-0.2, 0) is 6.42 Å². The van der Waals surface area contributed by atoms with Gasteiger partial charge in [-0.1, -0.05) is 24.2 Å². The first-order chi connectivity index (χ1) is 9.15. The molecule has 0 saturated heterocycles. The molecule has 0 aliphatic heterocycles. The predicted molar refractivity (Wildman–Crippen MR) is 70.3 cm³/mol. The number of carboxylic acids is 1. The van der Waals surface area contributed by atoms with Gasteiger partial charge in [-0.2, -0.15) is 0 Å². The normalized spacial score (nSPS) is 18.1. The van der Waals surface area contributed by atoms with Crippen LogP contribution in [0.2, 0.25) is 0 Å². The van der Waals surface area contributed by atoms with Gasteiger partial charge in [0, 0.05) is 11.6 Å². The quantitative estimate of drug-likeness (QED) is 0.894. The molecule has 3 rings (SSSR count). The minimum absolute atomic E-state index is 0.124. The van der Waals surface area contributed by atoms with Crippen LogP contribution in [0.15, 0.2) is 28.8 Å². The van der Waals surface area contributed by atoms with Gasteiger partial charge in [-0.25, -0.2) is 4.79 Å². The Hall–Kier alpha value is -2.10. The highest BCUT2D eigenvalue weighted by Gasteiger charge is 2.18. The number of nitrogens with zero attached hydrogens (tertiary/aromatic N) is 1. The van der Waals surface area contributed by atoms with E-state index >= 15 is 0 Å². The summed E-state index contributed by atoms with van der Waals surface area (Å²) >= 11 is 0. The van der Waals surface area contributed by atoms with Crippen molar-refractivity contribution in [2.45, 2.75) is 32.1 Å². The van der Waals surface area contributed by atoms with Crippen LogP contribution in [0.4, 0.5) is 0 Å². The molecule has 0 saturated carbocycles. The fourth-order valence-corrected chi connectivity index (χ4v) is 2.71. The summed E-state index contributed by atoms with van der Waals surface area (Å²) in [6, 6.07) is 7.69. The van der Waals surface area contributed by atoms with Crippen molar-refractivity contribution in [2.75, 3.05) is 0 Å². The zero-order valence-corrected chi connectivity index (χ0v) is 10.7. The van der Waals surface area contributed by atoms with Crippen molar-refractivity contribution in [2.24, 2.45) is 0 Å². The Kier molecular flexibility index (Phi) is 2.85. The number of fused-ring (bicyclic) bond motifs is 1. The first kappa shape index (κ1) is 12.0. The summed E-state index contributed by atoms with van der Waals surface area (Å²) < 4.78 is 4.80. The molecule has 1 N–H and O–H groups in total. The first-order valence-corrected chi connectivity index (χ1v) is 6.48. The van der Waals surface area contributed by atoms with Gasteiger partial charge in [-0.15, -0.1) is 0 Å². The lowest BCUT2D eigenvalue weighted by Crippen LogP contribution is -2.06. The average Bonchev–Trinajstić information content (AvgIpc) is 2.89. The summed E-state index contributed by atoms with van der Waals surface area (Å²) in [6.45, 7) is 2.23. The number of aryl methyl sites for hydroxylation is 1. The van der Waals surface area contributed by atoms with E-state index in [9.17, 15) is 4.79 Å². The highest BCUT2D eigenvalue weighted by atomic mass is 16.5. The first-order valence-electron chi connectivity index (χ1n) is 6.48. The van der Waals surface area contributed by atoms with Gasteiger partial charge in [0.15, 0.2) is 0 Å². The van der Waals surface area contributed by atoms with Crippen molar-refractivity contribution in [1.82, 2.24) is 5.16 Å². The van der Waals surface area contributed by atoms with E-state index in [0.717, 1.165) is 12.0 Å². The minimum atomic E-state index is -1.09. The summed E-state index contributed by atoms with van der Waals surface area (Å²) in [6.07, 6.45) is 3.56. The fraction of sp³-hybridized carbons (Fsp3) is 0.333. The average molecular weight is 257 g/mol. The molecule has 0 spiro atoms. The Balaban J connectivity index is 2.01. The molecular formula is C15H15NO3. The number of benzene rings is 1. The Morgan fingerprint density at radius 1 is 1.42 bits per heavy atom. The van der Waals surface area contributed by atoms with Crippen LogP contribution in [0.5, 0.6) is 0 Å². The van der Waals surface area contributed by atoms with E-state index in [1.807, 2.05) is 6.07 Å². The summed E-state index contributed by atoms with van der Waals surface area (Å²) in [7, 11) is 0. The number of hydrogen-bond donors (Lipinski definition) is 1. The molecule has 19 heavy (non-hydrogen) atoms. The largest absolute Gasteiger partial charge is 0.475 e. The second kappa shape index (κ2) is 4.53. The standard InChI is InChI=1S/C15H15NO3/c1-9-3-2-4-10-5-6-11(7-12(9)10)13-8-14(15(17)18)19-16-13/h5-9H,2-4H2,1H3,(H,17,18). The van der Waals surface area contributed by atoms with E-state index in [1.54, 1.807) is 0 Å². The third kappa shape index (κ3) is 2.14. The molecule has 0 fully saturated rings. The maximum atomic E-state index is 10.8. The maximum absolute atomic E-state index is 10.8. The molecule has 2 aromatic rings. The molecule has 4 heteroatoms. The third-order valence-electron chi connectivity index (χ3n) is 3.78. The van der Waals surface area contributed by atoms with E-state index in [2.05, 4.69) is 24.2 Å². The molecule has 0 amide bonds. The molecule has 0 bridgehead atoms. The van der Waals surface area contributed by atoms with E-state index in [1.165, 1.54) is 30.0 Å². The van der Waals surface area contributed by atoms with Crippen molar-refractivity contribution >= 4 is 5.97 Å². The molecule has 0 radical (unpaired) electrons. The molecule has 1 unspecified atom stereocenters. The number of hydrogen-bond acceptors (Lipinski definition) is 3. The van der Waals surface area contributed by atoms with Crippen molar-refractivity contribution in [1.29, 1.82) is 0 Å². The predicted octanol–water partition coefficient (Wildman–Crippen LogP) is 3.48. The van der Waals surface area contributed by atoms with Crippen LogP contribution in [0.1, 0.15) is 47.4 Å². The van der Waals surface area contributed by atoms with Crippen LogP contribution in [0.25, 0.3) is 11.3 Å².